The minimum Gasteiger partial charge on any atom is -0.497 e. The quantitative estimate of drug-likeness (QED) is 0.886. The number of anilines is 1. The molecule has 0 aromatic heterocycles. The third kappa shape index (κ3) is 3.67. The van der Waals surface area contributed by atoms with Crippen molar-refractivity contribution in [2.75, 3.05) is 18.6 Å². The number of benzene rings is 2. The van der Waals surface area contributed by atoms with Crippen molar-refractivity contribution in [3.63, 3.8) is 0 Å². The normalized spacial score (nSPS) is 17.8. The standard InChI is InChI=1S/C18H20N2O4S/c1-13-3-5-14(6-4-13)20-12-11-17(18(20)21)19-25(22,23)16-9-7-15(24-2)8-10-16/h3-10,17,19H,11-12H2,1-2H3/t17-/m1/s1. The highest BCUT2D eigenvalue weighted by Gasteiger charge is 2.35. The minimum atomic E-state index is -3.77. The molecule has 2 aromatic rings. The number of methoxy groups -OCH3 is 1. The average Bonchev–Trinajstić information content (AvgIpc) is 2.96. The lowest BCUT2D eigenvalue weighted by Crippen LogP contribution is -2.41. The van der Waals surface area contributed by atoms with Gasteiger partial charge in [-0.2, -0.15) is 4.72 Å². The molecule has 0 saturated carbocycles. The molecule has 0 unspecified atom stereocenters. The van der Waals surface area contributed by atoms with Gasteiger partial charge in [0, 0.05) is 12.2 Å². The number of amides is 1. The molecule has 132 valence electrons. The van der Waals surface area contributed by atoms with Gasteiger partial charge < -0.3 is 9.64 Å². The van der Waals surface area contributed by atoms with Crippen LogP contribution in [0.3, 0.4) is 0 Å². The maximum atomic E-state index is 12.6. The van der Waals surface area contributed by atoms with Gasteiger partial charge in [0.1, 0.15) is 11.8 Å². The predicted octanol–water partition coefficient (Wildman–Crippen LogP) is 2.09. The number of nitrogens with zero attached hydrogens (tertiary/aromatic N) is 1. The lowest BCUT2D eigenvalue weighted by Gasteiger charge is -2.17. The summed E-state index contributed by atoms with van der Waals surface area (Å²) in [5.74, 6) is 0.336. The summed E-state index contributed by atoms with van der Waals surface area (Å²) >= 11 is 0. The summed E-state index contributed by atoms with van der Waals surface area (Å²) < 4.78 is 32.5. The van der Waals surface area contributed by atoms with E-state index in [2.05, 4.69) is 4.72 Å². The fourth-order valence-corrected chi connectivity index (χ4v) is 4.00. The van der Waals surface area contributed by atoms with Gasteiger partial charge in [-0.05, 0) is 49.7 Å². The SMILES string of the molecule is COc1ccc(S(=O)(=O)N[C@@H]2CCN(c3ccc(C)cc3)C2=O)cc1. The van der Waals surface area contributed by atoms with E-state index in [1.54, 1.807) is 17.0 Å². The molecule has 0 aliphatic carbocycles. The van der Waals surface area contributed by atoms with Crippen molar-refractivity contribution in [2.45, 2.75) is 24.3 Å². The second-order valence-corrected chi connectivity index (χ2v) is 7.68. The molecule has 7 heteroatoms. The first-order valence-electron chi connectivity index (χ1n) is 7.95. The lowest BCUT2D eigenvalue weighted by molar-refractivity contribution is -0.118. The van der Waals surface area contributed by atoms with Crippen LogP contribution >= 0.6 is 0 Å². The largest absolute Gasteiger partial charge is 0.497 e. The number of rotatable bonds is 5. The van der Waals surface area contributed by atoms with Crippen LogP contribution in [0.25, 0.3) is 0 Å². The molecule has 1 aliphatic heterocycles. The molecule has 1 aliphatic rings. The fourth-order valence-electron chi connectivity index (χ4n) is 2.78. The van der Waals surface area contributed by atoms with E-state index in [0.29, 0.717) is 18.7 Å². The summed E-state index contributed by atoms with van der Waals surface area (Å²) in [4.78, 5) is 14.3. The minimum absolute atomic E-state index is 0.106. The molecular weight excluding hydrogens is 340 g/mol. The van der Waals surface area contributed by atoms with Crippen LogP contribution in [-0.4, -0.2) is 34.0 Å². The van der Waals surface area contributed by atoms with E-state index in [1.807, 2.05) is 31.2 Å². The monoisotopic (exact) mass is 360 g/mol. The average molecular weight is 360 g/mol. The Morgan fingerprint density at radius 1 is 1.08 bits per heavy atom. The van der Waals surface area contributed by atoms with Crippen LogP contribution in [0.15, 0.2) is 53.4 Å². The van der Waals surface area contributed by atoms with Gasteiger partial charge >= 0.3 is 0 Å². The van der Waals surface area contributed by atoms with Crippen molar-refractivity contribution < 1.29 is 17.9 Å². The second kappa shape index (κ2) is 6.85. The zero-order valence-corrected chi connectivity index (χ0v) is 14.9. The van der Waals surface area contributed by atoms with E-state index in [9.17, 15) is 13.2 Å². The van der Waals surface area contributed by atoms with Gasteiger partial charge in [-0.1, -0.05) is 17.7 Å². The van der Waals surface area contributed by atoms with Gasteiger partial charge in [-0.25, -0.2) is 8.42 Å². The number of nitrogens with one attached hydrogen (secondary N) is 1. The molecule has 1 heterocycles. The third-order valence-corrected chi connectivity index (χ3v) is 5.71. The zero-order chi connectivity index (χ0) is 18.0. The zero-order valence-electron chi connectivity index (χ0n) is 14.1. The van der Waals surface area contributed by atoms with Crippen LogP contribution in [0.5, 0.6) is 5.75 Å². The highest BCUT2D eigenvalue weighted by atomic mass is 32.2. The molecule has 1 amide bonds. The van der Waals surface area contributed by atoms with Crippen LogP contribution in [0.2, 0.25) is 0 Å². The van der Waals surface area contributed by atoms with Crippen molar-refractivity contribution in [2.24, 2.45) is 0 Å². The smallest absolute Gasteiger partial charge is 0.245 e. The van der Waals surface area contributed by atoms with Crippen LogP contribution in [0.4, 0.5) is 5.69 Å². The molecule has 3 rings (SSSR count). The molecule has 0 spiro atoms. The van der Waals surface area contributed by atoms with E-state index < -0.39 is 16.1 Å². The third-order valence-electron chi connectivity index (χ3n) is 4.22. The first kappa shape index (κ1) is 17.4. The Bertz CT molecular complexity index is 861. The van der Waals surface area contributed by atoms with E-state index >= 15 is 0 Å². The Hall–Kier alpha value is -2.38. The van der Waals surface area contributed by atoms with Gasteiger partial charge in [-0.3, -0.25) is 4.79 Å². The summed E-state index contributed by atoms with van der Waals surface area (Å²) in [6.07, 6.45) is 0.433. The maximum absolute atomic E-state index is 12.6. The number of aryl methyl sites for hydroxylation is 1. The first-order chi connectivity index (χ1) is 11.9. The van der Waals surface area contributed by atoms with Crippen LogP contribution in [-0.2, 0) is 14.8 Å². The Kier molecular flexibility index (Phi) is 4.78. The Morgan fingerprint density at radius 2 is 1.72 bits per heavy atom. The second-order valence-electron chi connectivity index (χ2n) is 5.96. The molecule has 1 atom stereocenters. The van der Waals surface area contributed by atoms with Crippen molar-refractivity contribution in [1.82, 2.24) is 4.72 Å². The predicted molar refractivity (Wildman–Crippen MR) is 95.3 cm³/mol. The van der Waals surface area contributed by atoms with Gasteiger partial charge in [0.25, 0.3) is 0 Å². The van der Waals surface area contributed by atoms with Crippen molar-refractivity contribution in [3.05, 3.63) is 54.1 Å². The van der Waals surface area contributed by atoms with Crippen molar-refractivity contribution in [3.8, 4) is 5.75 Å². The first-order valence-corrected chi connectivity index (χ1v) is 9.43. The highest BCUT2D eigenvalue weighted by Crippen LogP contribution is 2.23. The summed E-state index contributed by atoms with van der Waals surface area (Å²) in [5.41, 5.74) is 1.88. The lowest BCUT2D eigenvalue weighted by atomic mass is 10.2. The summed E-state index contributed by atoms with van der Waals surface area (Å²) in [5, 5.41) is 0. The summed E-state index contributed by atoms with van der Waals surface area (Å²) in [6, 6.07) is 12.9. The number of carbonyl (C=O) groups is 1. The molecule has 1 fully saturated rings. The topological polar surface area (TPSA) is 75.7 Å². The molecule has 25 heavy (non-hydrogen) atoms. The van der Waals surface area contributed by atoms with E-state index in [4.69, 9.17) is 4.74 Å². The molecule has 0 bridgehead atoms. The van der Waals surface area contributed by atoms with E-state index in [0.717, 1.165) is 11.3 Å². The van der Waals surface area contributed by atoms with Gasteiger partial charge in [-0.15, -0.1) is 0 Å². The van der Waals surface area contributed by atoms with Crippen LogP contribution in [0.1, 0.15) is 12.0 Å². The van der Waals surface area contributed by atoms with Gasteiger partial charge in [0.2, 0.25) is 15.9 Å². The van der Waals surface area contributed by atoms with E-state index in [-0.39, 0.29) is 10.8 Å². The number of hydrogen-bond donors (Lipinski definition) is 1. The number of sulfonamides is 1. The van der Waals surface area contributed by atoms with Crippen LogP contribution in [0, 0.1) is 6.92 Å². The molecular formula is C18H20N2O4S. The molecule has 0 radical (unpaired) electrons. The van der Waals surface area contributed by atoms with Crippen molar-refractivity contribution >= 4 is 21.6 Å². The van der Waals surface area contributed by atoms with E-state index in [1.165, 1.54) is 19.2 Å². The Labute approximate surface area is 147 Å². The number of carbonyl (C=O) groups excluding carboxylic acids is 1. The van der Waals surface area contributed by atoms with Gasteiger partial charge in [0.05, 0.1) is 12.0 Å². The van der Waals surface area contributed by atoms with Crippen LogP contribution < -0.4 is 14.4 Å². The summed E-state index contributed by atoms with van der Waals surface area (Å²) in [7, 11) is -2.25. The molecule has 1 saturated heterocycles. The number of hydrogen-bond acceptors (Lipinski definition) is 4. The highest BCUT2D eigenvalue weighted by molar-refractivity contribution is 7.89. The molecule has 1 N–H and O–H groups in total. The molecule has 2 aromatic carbocycles. The Balaban J connectivity index is 1.74. The summed E-state index contributed by atoms with van der Waals surface area (Å²) in [6.45, 7) is 2.46. The van der Waals surface area contributed by atoms with Crippen molar-refractivity contribution in [1.29, 1.82) is 0 Å². The maximum Gasteiger partial charge on any atom is 0.245 e. The van der Waals surface area contributed by atoms with Gasteiger partial charge in [0.15, 0.2) is 0 Å². The molecule has 6 nitrogen and oxygen atoms in total. The Morgan fingerprint density at radius 3 is 2.32 bits per heavy atom. The fraction of sp³-hybridized carbons (Fsp3) is 0.278. The number of ether oxygens (including phenoxy) is 1.